The molecule has 1 aromatic heterocycles. The Hall–Kier alpha value is -3.10. The molecule has 2 fully saturated rings. The van der Waals surface area contributed by atoms with E-state index < -0.39 is 11.8 Å². The van der Waals surface area contributed by atoms with Crippen LogP contribution in [0, 0.1) is 0 Å². The van der Waals surface area contributed by atoms with Gasteiger partial charge in [0.15, 0.2) is 5.58 Å². The van der Waals surface area contributed by atoms with Crippen molar-refractivity contribution in [2.24, 2.45) is 0 Å². The predicted molar refractivity (Wildman–Crippen MR) is 90.2 cm³/mol. The number of rotatable bonds is 3. The molecule has 0 aliphatic carbocycles. The van der Waals surface area contributed by atoms with Crippen molar-refractivity contribution in [3.05, 3.63) is 34.8 Å². The standard InChI is InChI=1S/C17H18N4O5/c1-19-9-15(23)20-7-10(6-12(20)16(19)24)18-14(22)8-21-11-4-2-3-5-13(11)26-17(21)25/h2-5,10,12H,6-9H2,1H3,(H,18,22)/t10-,12+/m1/s1. The largest absolute Gasteiger partial charge is 0.420 e. The van der Waals surface area contributed by atoms with Crippen molar-refractivity contribution in [1.29, 1.82) is 0 Å². The summed E-state index contributed by atoms with van der Waals surface area (Å²) in [4.78, 5) is 51.5. The van der Waals surface area contributed by atoms with E-state index in [-0.39, 0.29) is 36.9 Å². The quantitative estimate of drug-likeness (QED) is 0.770. The number of carbonyl (C=O) groups is 3. The van der Waals surface area contributed by atoms with Gasteiger partial charge in [-0.25, -0.2) is 4.79 Å². The second kappa shape index (κ2) is 6.01. The molecule has 26 heavy (non-hydrogen) atoms. The molecule has 4 rings (SSSR count). The van der Waals surface area contributed by atoms with Crippen molar-refractivity contribution >= 4 is 28.8 Å². The van der Waals surface area contributed by atoms with E-state index in [0.717, 1.165) is 0 Å². The Morgan fingerprint density at radius 2 is 2.04 bits per heavy atom. The van der Waals surface area contributed by atoms with Gasteiger partial charge in [-0.15, -0.1) is 0 Å². The third kappa shape index (κ3) is 2.65. The molecule has 136 valence electrons. The maximum atomic E-state index is 12.4. The number of amides is 3. The molecule has 1 N–H and O–H groups in total. The summed E-state index contributed by atoms with van der Waals surface area (Å²) in [7, 11) is 1.60. The van der Waals surface area contributed by atoms with Gasteiger partial charge in [0.1, 0.15) is 12.6 Å². The summed E-state index contributed by atoms with van der Waals surface area (Å²) < 4.78 is 6.37. The SMILES string of the molecule is CN1CC(=O)N2C[C@H](NC(=O)Cn3c(=O)oc4ccccc43)C[C@H]2C1=O. The van der Waals surface area contributed by atoms with E-state index in [2.05, 4.69) is 5.32 Å². The van der Waals surface area contributed by atoms with Crippen molar-refractivity contribution in [3.63, 3.8) is 0 Å². The number of oxazole rings is 1. The van der Waals surface area contributed by atoms with Gasteiger partial charge in [0.05, 0.1) is 12.1 Å². The number of nitrogens with one attached hydrogen (secondary N) is 1. The highest BCUT2D eigenvalue weighted by Crippen LogP contribution is 2.23. The Balaban J connectivity index is 1.46. The monoisotopic (exact) mass is 358 g/mol. The van der Waals surface area contributed by atoms with Crippen LogP contribution in [0.25, 0.3) is 11.1 Å². The third-order valence-electron chi connectivity index (χ3n) is 4.90. The lowest BCUT2D eigenvalue weighted by Gasteiger charge is -2.33. The molecule has 9 heteroatoms. The minimum Gasteiger partial charge on any atom is -0.408 e. The number of hydrogen-bond acceptors (Lipinski definition) is 5. The average Bonchev–Trinajstić information content (AvgIpc) is 3.15. The lowest BCUT2D eigenvalue weighted by molar-refractivity contribution is -0.152. The first-order valence-corrected chi connectivity index (χ1v) is 8.36. The lowest BCUT2D eigenvalue weighted by atomic mass is 10.1. The van der Waals surface area contributed by atoms with Crippen LogP contribution < -0.4 is 11.1 Å². The second-order valence-electron chi connectivity index (χ2n) is 6.68. The fourth-order valence-electron chi connectivity index (χ4n) is 3.66. The zero-order valence-corrected chi connectivity index (χ0v) is 14.2. The highest BCUT2D eigenvalue weighted by atomic mass is 16.4. The number of hydrogen-bond donors (Lipinski definition) is 1. The fourth-order valence-corrected chi connectivity index (χ4v) is 3.66. The first kappa shape index (κ1) is 16.4. The summed E-state index contributed by atoms with van der Waals surface area (Å²) >= 11 is 0. The van der Waals surface area contributed by atoms with E-state index in [1.165, 1.54) is 14.4 Å². The van der Waals surface area contributed by atoms with Crippen LogP contribution in [0.1, 0.15) is 6.42 Å². The Kier molecular flexibility index (Phi) is 3.78. The molecule has 0 spiro atoms. The number of aromatic nitrogens is 1. The van der Waals surface area contributed by atoms with E-state index >= 15 is 0 Å². The van der Waals surface area contributed by atoms with Gasteiger partial charge in [-0.05, 0) is 18.6 Å². The molecule has 2 aliphatic rings. The number of carbonyl (C=O) groups excluding carboxylic acids is 3. The van der Waals surface area contributed by atoms with Gasteiger partial charge in [-0.3, -0.25) is 19.0 Å². The molecule has 2 atom stereocenters. The van der Waals surface area contributed by atoms with Crippen LogP contribution in [0.15, 0.2) is 33.5 Å². The van der Waals surface area contributed by atoms with Crippen LogP contribution in [-0.2, 0) is 20.9 Å². The Labute approximate surface area is 148 Å². The lowest BCUT2D eigenvalue weighted by Crippen LogP contribution is -2.55. The highest BCUT2D eigenvalue weighted by molar-refractivity contribution is 5.95. The Bertz CT molecular complexity index is 961. The van der Waals surface area contributed by atoms with Crippen molar-refractivity contribution in [2.75, 3.05) is 20.1 Å². The van der Waals surface area contributed by atoms with E-state index in [9.17, 15) is 19.2 Å². The summed E-state index contributed by atoms with van der Waals surface area (Å²) in [5.41, 5.74) is 0.964. The number of nitrogens with zero attached hydrogens (tertiary/aromatic N) is 3. The Morgan fingerprint density at radius 1 is 1.27 bits per heavy atom. The molecule has 0 bridgehead atoms. The van der Waals surface area contributed by atoms with E-state index in [4.69, 9.17) is 4.42 Å². The molecular formula is C17H18N4O5. The molecule has 0 unspecified atom stereocenters. The molecule has 9 nitrogen and oxygen atoms in total. The van der Waals surface area contributed by atoms with Crippen molar-refractivity contribution in [3.8, 4) is 0 Å². The smallest absolute Gasteiger partial charge is 0.408 e. The van der Waals surface area contributed by atoms with Gasteiger partial charge in [-0.1, -0.05) is 12.1 Å². The number of benzene rings is 1. The summed E-state index contributed by atoms with van der Waals surface area (Å²) in [6.45, 7) is 0.182. The van der Waals surface area contributed by atoms with Gasteiger partial charge in [-0.2, -0.15) is 0 Å². The van der Waals surface area contributed by atoms with Crippen LogP contribution in [0.5, 0.6) is 0 Å². The first-order chi connectivity index (χ1) is 12.4. The van der Waals surface area contributed by atoms with Gasteiger partial charge >= 0.3 is 5.76 Å². The van der Waals surface area contributed by atoms with Crippen molar-refractivity contribution in [2.45, 2.75) is 25.0 Å². The number of para-hydroxylation sites is 2. The summed E-state index contributed by atoms with van der Waals surface area (Å²) in [5, 5.41) is 2.82. The minimum absolute atomic E-state index is 0.0619. The van der Waals surface area contributed by atoms with Crippen LogP contribution >= 0.6 is 0 Å². The van der Waals surface area contributed by atoms with Crippen LogP contribution in [0.3, 0.4) is 0 Å². The Morgan fingerprint density at radius 3 is 2.85 bits per heavy atom. The molecular weight excluding hydrogens is 340 g/mol. The topological polar surface area (TPSA) is 105 Å². The van der Waals surface area contributed by atoms with Gasteiger partial charge < -0.3 is 19.5 Å². The third-order valence-corrected chi connectivity index (χ3v) is 4.90. The maximum Gasteiger partial charge on any atom is 0.420 e. The molecule has 2 aromatic rings. The van der Waals surface area contributed by atoms with Crippen molar-refractivity contribution in [1.82, 2.24) is 19.7 Å². The van der Waals surface area contributed by atoms with Gasteiger partial charge in [0.25, 0.3) is 0 Å². The van der Waals surface area contributed by atoms with Gasteiger partial charge in [0.2, 0.25) is 17.7 Å². The maximum absolute atomic E-state index is 12.4. The summed E-state index contributed by atoms with van der Waals surface area (Å²) in [6.07, 6.45) is 0.377. The predicted octanol–water partition coefficient (Wildman–Crippen LogP) is -0.848. The zero-order valence-electron chi connectivity index (χ0n) is 14.2. The normalized spacial score (nSPS) is 22.8. The average molecular weight is 358 g/mol. The number of likely N-dealkylation sites (N-methyl/N-ethyl adjacent to an activating group) is 1. The van der Waals surface area contributed by atoms with Crippen LogP contribution in [0.2, 0.25) is 0 Å². The molecule has 2 saturated heterocycles. The number of piperazine rings is 1. The molecule has 1 aromatic carbocycles. The molecule has 3 amide bonds. The number of fused-ring (bicyclic) bond motifs is 2. The van der Waals surface area contributed by atoms with Crippen LogP contribution in [0.4, 0.5) is 0 Å². The first-order valence-electron chi connectivity index (χ1n) is 8.36. The van der Waals surface area contributed by atoms with E-state index in [0.29, 0.717) is 24.1 Å². The fraction of sp³-hybridized carbons (Fsp3) is 0.412. The van der Waals surface area contributed by atoms with Crippen LogP contribution in [-0.4, -0.2) is 64.3 Å². The second-order valence-corrected chi connectivity index (χ2v) is 6.68. The zero-order chi connectivity index (χ0) is 18.4. The van der Waals surface area contributed by atoms with Gasteiger partial charge in [0, 0.05) is 19.6 Å². The molecule has 2 aliphatic heterocycles. The summed E-state index contributed by atoms with van der Waals surface area (Å²) in [5.74, 6) is -1.20. The highest BCUT2D eigenvalue weighted by Gasteiger charge is 2.44. The van der Waals surface area contributed by atoms with Crippen molar-refractivity contribution < 1.29 is 18.8 Å². The molecule has 0 radical (unpaired) electrons. The summed E-state index contributed by atoms with van der Waals surface area (Å²) in [6, 6.07) is 6.03. The van der Waals surface area contributed by atoms with E-state index in [1.54, 1.807) is 31.3 Å². The van der Waals surface area contributed by atoms with E-state index in [1.807, 2.05) is 0 Å². The minimum atomic E-state index is -0.600. The molecule has 0 saturated carbocycles. The molecule has 3 heterocycles.